The Hall–Kier alpha value is -5.22. The van der Waals surface area contributed by atoms with Gasteiger partial charge in [-0.3, -0.25) is 9.59 Å². The molecule has 0 unspecified atom stereocenters. The third-order valence-corrected chi connectivity index (χ3v) is 9.57. The first kappa shape index (κ1) is 36.1. The van der Waals surface area contributed by atoms with Crippen molar-refractivity contribution in [3.05, 3.63) is 124 Å². The maximum absolute atomic E-state index is 14.2. The average molecular weight is 685 g/mol. The molecule has 262 valence electrons. The number of benzene rings is 4. The van der Waals surface area contributed by atoms with Gasteiger partial charge in [-0.1, -0.05) is 24.3 Å². The van der Waals surface area contributed by atoms with Crippen LogP contribution in [0.25, 0.3) is 16.6 Å². The van der Waals surface area contributed by atoms with Gasteiger partial charge in [0.05, 0.1) is 45.1 Å². The van der Waals surface area contributed by atoms with Crippen molar-refractivity contribution in [2.45, 2.75) is 40.8 Å². The summed E-state index contributed by atoms with van der Waals surface area (Å²) in [6.07, 6.45) is 1.44. The molecule has 0 saturated carbocycles. The maximum Gasteiger partial charge on any atom is 0.263 e. The Labute approximate surface area is 291 Å². The summed E-state index contributed by atoms with van der Waals surface area (Å²) in [5.74, 6) is -0.847. The second-order valence-corrected chi connectivity index (χ2v) is 12.2. The molecule has 4 aromatic carbocycles. The van der Waals surface area contributed by atoms with Crippen molar-refractivity contribution in [1.29, 1.82) is 0 Å². The average Bonchev–Trinajstić information content (AvgIpc) is 3.13. The van der Waals surface area contributed by atoms with E-state index in [4.69, 9.17) is 14.2 Å². The molecule has 0 aliphatic rings. The number of amides is 1. The lowest BCUT2D eigenvalue weighted by atomic mass is 10.1. The number of carbonyl (C=O) groups excluding carboxylic acids is 1. The fourth-order valence-electron chi connectivity index (χ4n) is 6.36. The molecule has 5 aromatic rings. The van der Waals surface area contributed by atoms with E-state index in [9.17, 15) is 18.4 Å². The van der Waals surface area contributed by atoms with Gasteiger partial charge in [-0.15, -0.1) is 0 Å². The molecular formula is C40H44F2N3O5+. The van der Waals surface area contributed by atoms with E-state index < -0.39 is 23.0 Å². The van der Waals surface area contributed by atoms with Gasteiger partial charge in [-0.05, 0) is 57.5 Å². The number of ether oxygens (including phenoxy) is 3. The number of nitrogens with zero attached hydrogens (tertiary/aromatic N) is 3. The van der Waals surface area contributed by atoms with Crippen molar-refractivity contribution in [1.82, 2.24) is 4.57 Å². The summed E-state index contributed by atoms with van der Waals surface area (Å²) in [6.45, 7) is 12.7. The number of rotatable bonds is 14. The fourth-order valence-corrected chi connectivity index (χ4v) is 6.36. The van der Waals surface area contributed by atoms with Crippen LogP contribution in [0.2, 0.25) is 0 Å². The summed E-state index contributed by atoms with van der Waals surface area (Å²) in [6, 6.07) is 21.5. The van der Waals surface area contributed by atoms with Crippen molar-refractivity contribution in [2.24, 2.45) is 0 Å². The Morgan fingerprint density at radius 3 is 2.04 bits per heavy atom. The summed E-state index contributed by atoms with van der Waals surface area (Å²) in [5.41, 5.74) is 2.62. The molecule has 0 saturated heterocycles. The standard InChI is InChI=1S/C40H44F2N3O5/c1-7-43(31-18-29(41)17-30(42)19-31)40(47)37-24-44(38-23-33(48-5)15-16-36(38)39(37)46)32-20-34(49-6)22-35(21-32)50-26-28-14-12-11-13-27(28)25-45(8-2,9-3)10-4/h11-24H,7-10,25-26H2,1-6H3/q+1. The number of anilines is 1. The largest absolute Gasteiger partial charge is 0.497 e. The second-order valence-electron chi connectivity index (χ2n) is 12.2. The highest BCUT2D eigenvalue weighted by atomic mass is 19.1. The van der Waals surface area contributed by atoms with Crippen LogP contribution in [0.3, 0.4) is 0 Å². The van der Waals surface area contributed by atoms with E-state index in [1.54, 1.807) is 48.9 Å². The van der Waals surface area contributed by atoms with Crippen LogP contribution in [-0.4, -0.2) is 55.4 Å². The minimum absolute atomic E-state index is 0.000905. The number of hydrogen-bond acceptors (Lipinski definition) is 5. The number of aromatic nitrogens is 1. The van der Waals surface area contributed by atoms with Crippen LogP contribution in [-0.2, 0) is 13.2 Å². The fraction of sp³-hybridized carbons (Fsp3) is 0.300. The molecular weight excluding hydrogens is 640 g/mol. The Morgan fingerprint density at radius 1 is 0.780 bits per heavy atom. The molecule has 8 nitrogen and oxygen atoms in total. The number of quaternary nitrogens is 1. The van der Waals surface area contributed by atoms with Gasteiger partial charge >= 0.3 is 0 Å². The minimum Gasteiger partial charge on any atom is -0.497 e. The van der Waals surface area contributed by atoms with E-state index in [2.05, 4.69) is 39.0 Å². The van der Waals surface area contributed by atoms with Gasteiger partial charge in [0.2, 0.25) is 5.43 Å². The van der Waals surface area contributed by atoms with Crippen LogP contribution < -0.4 is 24.5 Å². The predicted molar refractivity (Wildman–Crippen MR) is 193 cm³/mol. The highest BCUT2D eigenvalue weighted by molar-refractivity contribution is 6.07. The lowest BCUT2D eigenvalue weighted by molar-refractivity contribution is -0.936. The van der Waals surface area contributed by atoms with E-state index in [1.165, 1.54) is 23.8 Å². The summed E-state index contributed by atoms with van der Waals surface area (Å²) in [7, 11) is 3.08. The molecule has 1 heterocycles. The molecule has 1 amide bonds. The minimum atomic E-state index is -0.833. The number of carbonyl (C=O) groups is 1. The summed E-state index contributed by atoms with van der Waals surface area (Å²) in [4.78, 5) is 29.1. The van der Waals surface area contributed by atoms with Crippen LogP contribution in [0.4, 0.5) is 14.5 Å². The highest BCUT2D eigenvalue weighted by Crippen LogP contribution is 2.31. The molecule has 50 heavy (non-hydrogen) atoms. The Bertz CT molecular complexity index is 2030. The van der Waals surface area contributed by atoms with Crippen molar-refractivity contribution >= 4 is 22.5 Å². The Balaban J connectivity index is 1.60. The van der Waals surface area contributed by atoms with Gasteiger partial charge in [-0.25, -0.2) is 8.78 Å². The topological polar surface area (TPSA) is 70.0 Å². The third kappa shape index (κ3) is 7.50. The van der Waals surface area contributed by atoms with Crippen LogP contribution in [0, 0.1) is 11.6 Å². The molecule has 0 spiro atoms. The molecule has 0 bridgehead atoms. The Morgan fingerprint density at radius 2 is 1.42 bits per heavy atom. The van der Waals surface area contributed by atoms with Gasteiger partial charge in [0.25, 0.3) is 5.91 Å². The summed E-state index contributed by atoms with van der Waals surface area (Å²) < 4.78 is 48.6. The molecule has 0 radical (unpaired) electrons. The van der Waals surface area contributed by atoms with Gasteiger partial charge in [0, 0.05) is 59.7 Å². The van der Waals surface area contributed by atoms with E-state index in [1.807, 2.05) is 12.1 Å². The molecule has 0 fully saturated rings. The highest BCUT2D eigenvalue weighted by Gasteiger charge is 2.25. The smallest absolute Gasteiger partial charge is 0.263 e. The van der Waals surface area contributed by atoms with E-state index in [0.29, 0.717) is 35.1 Å². The molecule has 0 aliphatic heterocycles. The Kier molecular flexibility index (Phi) is 11.2. The van der Waals surface area contributed by atoms with E-state index in [0.717, 1.165) is 54.4 Å². The number of halogens is 2. The van der Waals surface area contributed by atoms with Crippen molar-refractivity contribution in [2.75, 3.05) is 45.3 Å². The van der Waals surface area contributed by atoms with E-state index in [-0.39, 0.29) is 23.2 Å². The molecule has 5 rings (SSSR count). The molecule has 0 atom stereocenters. The first-order valence-electron chi connectivity index (χ1n) is 16.8. The van der Waals surface area contributed by atoms with Crippen molar-refractivity contribution in [3.63, 3.8) is 0 Å². The molecule has 10 heteroatoms. The van der Waals surface area contributed by atoms with Crippen LogP contribution in [0.15, 0.2) is 89.9 Å². The van der Waals surface area contributed by atoms with Gasteiger partial charge in [0.1, 0.15) is 47.6 Å². The number of methoxy groups -OCH3 is 2. The predicted octanol–water partition coefficient (Wildman–Crippen LogP) is 7.91. The van der Waals surface area contributed by atoms with Crippen molar-refractivity contribution < 1.29 is 32.3 Å². The van der Waals surface area contributed by atoms with Gasteiger partial charge < -0.3 is 28.2 Å². The lowest BCUT2D eigenvalue weighted by Crippen LogP contribution is -2.46. The first-order chi connectivity index (χ1) is 24.1. The molecule has 0 N–H and O–H groups in total. The number of pyridine rings is 1. The van der Waals surface area contributed by atoms with Gasteiger partial charge in [0.15, 0.2) is 0 Å². The monoisotopic (exact) mass is 684 g/mol. The maximum atomic E-state index is 14.2. The van der Waals surface area contributed by atoms with Crippen LogP contribution in [0.1, 0.15) is 49.2 Å². The zero-order chi connectivity index (χ0) is 36.0. The normalized spacial score (nSPS) is 11.4. The molecule has 1 aromatic heterocycles. The number of fused-ring (bicyclic) bond motifs is 1. The quantitative estimate of drug-likeness (QED) is 0.111. The number of hydrogen-bond donors (Lipinski definition) is 0. The van der Waals surface area contributed by atoms with Crippen molar-refractivity contribution in [3.8, 4) is 22.9 Å². The lowest BCUT2D eigenvalue weighted by Gasteiger charge is -2.36. The SMILES string of the molecule is CCN(C(=O)c1cn(-c2cc(OC)cc(OCc3ccccc3C[N+](CC)(CC)CC)c2)c2cc(OC)ccc2c1=O)c1cc(F)cc(F)c1. The van der Waals surface area contributed by atoms with Crippen LogP contribution >= 0.6 is 0 Å². The zero-order valence-electron chi connectivity index (χ0n) is 29.5. The molecule has 0 aliphatic carbocycles. The third-order valence-electron chi connectivity index (χ3n) is 9.57. The van der Waals surface area contributed by atoms with Gasteiger partial charge in [-0.2, -0.15) is 0 Å². The summed E-state index contributed by atoms with van der Waals surface area (Å²) in [5, 5.41) is 0.252. The second kappa shape index (κ2) is 15.6. The first-order valence-corrected chi connectivity index (χ1v) is 16.8. The van der Waals surface area contributed by atoms with E-state index >= 15 is 0 Å². The summed E-state index contributed by atoms with van der Waals surface area (Å²) >= 11 is 0. The van der Waals surface area contributed by atoms with Crippen LogP contribution in [0.5, 0.6) is 17.2 Å². The zero-order valence-corrected chi connectivity index (χ0v) is 29.5.